The lowest BCUT2D eigenvalue weighted by atomic mass is 10.0. The third-order valence-corrected chi connectivity index (χ3v) is 4.72. The van der Waals surface area contributed by atoms with Gasteiger partial charge in [-0.25, -0.2) is 0 Å². The SMILES string of the molecule is CCCCCCCCCCCC(O)c1cc2ccccc2[nH]c1=O. The molecule has 3 nitrogen and oxygen atoms in total. The second-order valence-corrected chi connectivity index (χ2v) is 6.77. The van der Waals surface area contributed by atoms with Gasteiger partial charge in [-0.1, -0.05) is 82.9 Å². The second-order valence-electron chi connectivity index (χ2n) is 6.77. The molecule has 0 fully saturated rings. The minimum Gasteiger partial charge on any atom is -0.388 e. The molecule has 0 aliphatic carbocycles. The predicted octanol–water partition coefficient (Wildman–Crippen LogP) is 5.48. The van der Waals surface area contributed by atoms with Gasteiger partial charge >= 0.3 is 0 Å². The van der Waals surface area contributed by atoms with Crippen molar-refractivity contribution in [3.05, 3.63) is 46.2 Å². The zero-order chi connectivity index (χ0) is 17.2. The Morgan fingerprint density at radius 3 is 2.29 bits per heavy atom. The maximum Gasteiger partial charge on any atom is 0.254 e. The maximum atomic E-state index is 12.1. The molecule has 0 saturated heterocycles. The van der Waals surface area contributed by atoms with Gasteiger partial charge in [0, 0.05) is 11.1 Å². The largest absolute Gasteiger partial charge is 0.388 e. The highest BCUT2D eigenvalue weighted by atomic mass is 16.3. The van der Waals surface area contributed by atoms with Gasteiger partial charge in [0.1, 0.15) is 0 Å². The van der Waals surface area contributed by atoms with Crippen molar-refractivity contribution in [3.8, 4) is 0 Å². The molecule has 1 atom stereocenters. The fraction of sp³-hybridized carbons (Fsp3) is 0.571. The van der Waals surface area contributed by atoms with Gasteiger partial charge in [-0.15, -0.1) is 0 Å². The van der Waals surface area contributed by atoms with Crippen LogP contribution in [-0.4, -0.2) is 10.1 Å². The first kappa shape index (κ1) is 18.7. The lowest BCUT2D eigenvalue weighted by Gasteiger charge is -2.11. The van der Waals surface area contributed by atoms with Crippen molar-refractivity contribution in [1.82, 2.24) is 4.98 Å². The second kappa shape index (κ2) is 10.3. The van der Waals surface area contributed by atoms with E-state index in [0.717, 1.165) is 23.7 Å². The molecule has 2 rings (SSSR count). The summed E-state index contributed by atoms with van der Waals surface area (Å²) in [7, 11) is 0. The molecule has 0 aliphatic heterocycles. The van der Waals surface area contributed by atoms with Crippen LogP contribution in [-0.2, 0) is 0 Å². The number of aliphatic hydroxyl groups is 1. The molecule has 0 saturated carbocycles. The monoisotopic (exact) mass is 329 g/mol. The highest BCUT2D eigenvalue weighted by molar-refractivity contribution is 5.78. The van der Waals surface area contributed by atoms with E-state index in [9.17, 15) is 9.90 Å². The third-order valence-electron chi connectivity index (χ3n) is 4.72. The molecule has 0 amide bonds. The number of nitrogens with one attached hydrogen (secondary N) is 1. The Bertz CT molecular complexity index is 662. The van der Waals surface area contributed by atoms with Crippen LogP contribution in [0.2, 0.25) is 0 Å². The molecule has 0 spiro atoms. The molecule has 1 heterocycles. The molecular weight excluding hydrogens is 298 g/mol. The summed E-state index contributed by atoms with van der Waals surface area (Å²) in [6, 6.07) is 9.51. The third kappa shape index (κ3) is 5.79. The molecule has 1 aromatic carbocycles. The molecular formula is C21H31NO2. The van der Waals surface area contributed by atoms with Crippen LogP contribution >= 0.6 is 0 Å². The Kier molecular flexibility index (Phi) is 8.03. The highest BCUT2D eigenvalue weighted by Gasteiger charge is 2.12. The summed E-state index contributed by atoms with van der Waals surface area (Å²) >= 11 is 0. The number of hydrogen-bond acceptors (Lipinski definition) is 2. The molecule has 0 radical (unpaired) electrons. The fourth-order valence-electron chi connectivity index (χ4n) is 3.22. The smallest absolute Gasteiger partial charge is 0.254 e. The van der Waals surface area contributed by atoms with Gasteiger partial charge in [-0.05, 0) is 23.9 Å². The van der Waals surface area contributed by atoms with Gasteiger partial charge in [0.15, 0.2) is 0 Å². The van der Waals surface area contributed by atoms with E-state index in [0.29, 0.717) is 12.0 Å². The Morgan fingerprint density at radius 1 is 0.958 bits per heavy atom. The molecule has 0 aliphatic rings. The van der Waals surface area contributed by atoms with Crippen molar-refractivity contribution in [1.29, 1.82) is 0 Å². The summed E-state index contributed by atoms with van der Waals surface area (Å²) in [5.41, 5.74) is 1.15. The van der Waals surface area contributed by atoms with E-state index < -0.39 is 6.10 Å². The minimum absolute atomic E-state index is 0.169. The lowest BCUT2D eigenvalue weighted by Crippen LogP contribution is -2.16. The summed E-state index contributed by atoms with van der Waals surface area (Å²) in [6.07, 6.45) is 11.3. The van der Waals surface area contributed by atoms with Crippen LogP contribution in [0.1, 0.15) is 82.8 Å². The summed E-state index contributed by atoms with van der Waals surface area (Å²) in [5.74, 6) is 0. The van der Waals surface area contributed by atoms with Crippen LogP contribution in [0.5, 0.6) is 0 Å². The topological polar surface area (TPSA) is 53.1 Å². The van der Waals surface area contributed by atoms with E-state index in [1.807, 2.05) is 30.3 Å². The van der Waals surface area contributed by atoms with Crippen molar-refractivity contribution in [2.75, 3.05) is 0 Å². The normalized spacial score (nSPS) is 12.6. The van der Waals surface area contributed by atoms with Crippen molar-refractivity contribution < 1.29 is 5.11 Å². The number of aromatic nitrogens is 1. The average Bonchev–Trinajstić information content (AvgIpc) is 2.59. The number of aliphatic hydroxyl groups excluding tert-OH is 1. The summed E-state index contributed by atoms with van der Waals surface area (Å²) in [5, 5.41) is 11.3. The van der Waals surface area contributed by atoms with Crippen LogP contribution in [0.25, 0.3) is 10.9 Å². The lowest BCUT2D eigenvalue weighted by molar-refractivity contribution is 0.162. The van der Waals surface area contributed by atoms with Crippen LogP contribution in [0.3, 0.4) is 0 Å². The average molecular weight is 329 g/mol. The highest BCUT2D eigenvalue weighted by Crippen LogP contribution is 2.20. The van der Waals surface area contributed by atoms with E-state index >= 15 is 0 Å². The van der Waals surface area contributed by atoms with Gasteiger partial charge in [0.2, 0.25) is 0 Å². The van der Waals surface area contributed by atoms with Gasteiger partial charge in [0.25, 0.3) is 5.56 Å². The summed E-state index contributed by atoms with van der Waals surface area (Å²) < 4.78 is 0. The first-order valence-electron chi connectivity index (χ1n) is 9.52. The zero-order valence-electron chi connectivity index (χ0n) is 14.9. The Balaban J connectivity index is 1.72. The number of pyridine rings is 1. The standard InChI is InChI=1S/C21H31NO2/c1-2-3-4-5-6-7-8-9-10-15-20(23)18-16-17-13-11-12-14-19(17)22-21(18)24/h11-14,16,20,23H,2-10,15H2,1H3,(H,22,24). The Hall–Kier alpha value is -1.61. The Labute approximate surface area is 145 Å². The number of hydrogen-bond donors (Lipinski definition) is 2. The number of unbranched alkanes of at least 4 members (excludes halogenated alkanes) is 8. The Morgan fingerprint density at radius 2 is 1.58 bits per heavy atom. The van der Waals surface area contributed by atoms with E-state index in [1.165, 1.54) is 44.9 Å². The van der Waals surface area contributed by atoms with Gasteiger partial charge in [-0.3, -0.25) is 4.79 Å². The van der Waals surface area contributed by atoms with E-state index in [4.69, 9.17) is 0 Å². The van der Waals surface area contributed by atoms with Gasteiger partial charge < -0.3 is 10.1 Å². The van der Waals surface area contributed by atoms with Crippen molar-refractivity contribution in [3.63, 3.8) is 0 Å². The number of para-hydroxylation sites is 1. The van der Waals surface area contributed by atoms with E-state index in [1.54, 1.807) is 0 Å². The van der Waals surface area contributed by atoms with Crippen LogP contribution in [0, 0.1) is 0 Å². The van der Waals surface area contributed by atoms with Crippen molar-refractivity contribution >= 4 is 10.9 Å². The van der Waals surface area contributed by atoms with Gasteiger partial charge in [0.05, 0.1) is 6.10 Å². The fourth-order valence-corrected chi connectivity index (χ4v) is 3.22. The number of rotatable bonds is 11. The predicted molar refractivity (Wildman–Crippen MR) is 101 cm³/mol. The number of aromatic amines is 1. The zero-order valence-corrected chi connectivity index (χ0v) is 14.9. The summed E-state index contributed by atoms with van der Waals surface area (Å²) in [6.45, 7) is 2.24. The molecule has 2 N–H and O–H groups in total. The van der Waals surface area contributed by atoms with Crippen molar-refractivity contribution in [2.45, 2.75) is 77.2 Å². The molecule has 2 aromatic rings. The number of H-pyrrole nitrogens is 1. The first-order valence-corrected chi connectivity index (χ1v) is 9.52. The summed E-state index contributed by atoms with van der Waals surface area (Å²) in [4.78, 5) is 15.0. The van der Waals surface area contributed by atoms with Crippen molar-refractivity contribution in [2.24, 2.45) is 0 Å². The van der Waals surface area contributed by atoms with E-state index in [2.05, 4.69) is 11.9 Å². The molecule has 3 heteroatoms. The molecule has 1 unspecified atom stereocenters. The number of benzene rings is 1. The molecule has 24 heavy (non-hydrogen) atoms. The maximum absolute atomic E-state index is 12.1. The first-order chi connectivity index (χ1) is 11.7. The van der Waals surface area contributed by atoms with Crippen LogP contribution in [0.15, 0.2) is 35.1 Å². The van der Waals surface area contributed by atoms with Crippen LogP contribution in [0.4, 0.5) is 0 Å². The minimum atomic E-state index is -0.664. The molecule has 1 aromatic heterocycles. The van der Waals surface area contributed by atoms with Crippen LogP contribution < -0.4 is 5.56 Å². The quantitative estimate of drug-likeness (QED) is 0.536. The molecule has 132 valence electrons. The number of fused-ring (bicyclic) bond motifs is 1. The molecule has 0 bridgehead atoms. The van der Waals surface area contributed by atoms with Gasteiger partial charge in [-0.2, -0.15) is 0 Å². The van der Waals surface area contributed by atoms with E-state index in [-0.39, 0.29) is 5.56 Å².